The minimum absolute atomic E-state index is 0.431. The SMILES string of the molecule is CCCCCOc1ccc(/C=N\n2c(-c3ccccc3)n[nH]c2=S)cc1OCC. The molecule has 1 N–H and O–H groups in total. The topological polar surface area (TPSA) is 64.4 Å². The number of aromatic amines is 1. The average Bonchev–Trinajstić information content (AvgIpc) is 3.12. The summed E-state index contributed by atoms with van der Waals surface area (Å²) >= 11 is 5.33. The van der Waals surface area contributed by atoms with Gasteiger partial charge in [-0.25, -0.2) is 5.10 Å². The van der Waals surface area contributed by atoms with Crippen LogP contribution in [-0.4, -0.2) is 34.3 Å². The fourth-order valence-electron chi connectivity index (χ4n) is 2.82. The molecule has 0 aliphatic carbocycles. The summed E-state index contributed by atoms with van der Waals surface area (Å²) in [5.74, 6) is 2.13. The highest BCUT2D eigenvalue weighted by Crippen LogP contribution is 2.28. The Labute approximate surface area is 176 Å². The zero-order valence-electron chi connectivity index (χ0n) is 16.8. The van der Waals surface area contributed by atoms with E-state index in [2.05, 4.69) is 22.2 Å². The summed E-state index contributed by atoms with van der Waals surface area (Å²) in [4.78, 5) is 0. The molecule has 0 spiro atoms. The zero-order valence-corrected chi connectivity index (χ0v) is 17.6. The number of hydrogen-bond acceptors (Lipinski definition) is 5. The van der Waals surface area contributed by atoms with Gasteiger partial charge in [-0.2, -0.15) is 14.9 Å². The second kappa shape index (κ2) is 10.6. The Balaban J connectivity index is 1.81. The molecular formula is C22H26N4O2S. The van der Waals surface area contributed by atoms with Crippen molar-refractivity contribution in [3.63, 3.8) is 0 Å². The van der Waals surface area contributed by atoms with Gasteiger partial charge in [0.2, 0.25) is 4.77 Å². The molecule has 152 valence electrons. The van der Waals surface area contributed by atoms with Gasteiger partial charge in [0.1, 0.15) is 0 Å². The third kappa shape index (κ3) is 5.54. The molecule has 0 unspecified atom stereocenters. The number of rotatable bonds is 10. The molecule has 1 heterocycles. The summed E-state index contributed by atoms with van der Waals surface area (Å²) in [5, 5.41) is 11.6. The van der Waals surface area contributed by atoms with Crippen LogP contribution >= 0.6 is 12.2 Å². The van der Waals surface area contributed by atoms with Crippen molar-refractivity contribution in [2.75, 3.05) is 13.2 Å². The minimum atomic E-state index is 0.431. The number of unbranched alkanes of at least 4 members (excludes halogenated alkanes) is 2. The molecule has 1 aromatic heterocycles. The van der Waals surface area contributed by atoms with Crippen LogP contribution in [-0.2, 0) is 0 Å². The molecule has 2 aromatic carbocycles. The van der Waals surface area contributed by atoms with Crippen molar-refractivity contribution in [3.05, 3.63) is 58.9 Å². The van der Waals surface area contributed by atoms with Crippen LogP contribution in [0.2, 0.25) is 0 Å². The fraction of sp³-hybridized carbons (Fsp3) is 0.318. The molecule has 7 heteroatoms. The highest BCUT2D eigenvalue weighted by Gasteiger charge is 2.09. The monoisotopic (exact) mass is 410 g/mol. The molecule has 29 heavy (non-hydrogen) atoms. The lowest BCUT2D eigenvalue weighted by Gasteiger charge is -2.12. The van der Waals surface area contributed by atoms with E-state index in [1.165, 1.54) is 6.42 Å². The summed E-state index contributed by atoms with van der Waals surface area (Å²) in [5.41, 5.74) is 1.82. The van der Waals surface area contributed by atoms with Crippen LogP contribution in [0, 0.1) is 4.77 Å². The summed E-state index contributed by atoms with van der Waals surface area (Å²) < 4.78 is 13.7. The van der Waals surface area contributed by atoms with E-state index in [0.717, 1.165) is 29.7 Å². The van der Waals surface area contributed by atoms with Gasteiger partial charge in [0.15, 0.2) is 17.3 Å². The lowest BCUT2D eigenvalue weighted by molar-refractivity contribution is 0.271. The molecule has 0 amide bonds. The Bertz CT molecular complexity index is 996. The third-order valence-electron chi connectivity index (χ3n) is 4.28. The molecular weight excluding hydrogens is 384 g/mol. The average molecular weight is 411 g/mol. The first-order valence-corrected chi connectivity index (χ1v) is 10.3. The van der Waals surface area contributed by atoms with Crippen LogP contribution in [0.1, 0.15) is 38.7 Å². The van der Waals surface area contributed by atoms with Crippen molar-refractivity contribution in [1.29, 1.82) is 0 Å². The highest BCUT2D eigenvalue weighted by molar-refractivity contribution is 7.71. The van der Waals surface area contributed by atoms with Gasteiger partial charge in [-0.1, -0.05) is 50.1 Å². The van der Waals surface area contributed by atoms with Gasteiger partial charge in [0.05, 0.1) is 19.4 Å². The molecule has 3 aromatic rings. The number of nitrogens with one attached hydrogen (secondary N) is 1. The Hall–Kier alpha value is -2.93. The van der Waals surface area contributed by atoms with Crippen molar-refractivity contribution >= 4 is 18.4 Å². The number of hydrogen-bond donors (Lipinski definition) is 1. The summed E-state index contributed by atoms with van der Waals surface area (Å²) in [6.07, 6.45) is 5.09. The predicted octanol–water partition coefficient (Wildman–Crippen LogP) is 5.46. The van der Waals surface area contributed by atoms with Crippen LogP contribution in [0.15, 0.2) is 53.6 Å². The van der Waals surface area contributed by atoms with Crippen molar-refractivity contribution < 1.29 is 9.47 Å². The standard InChI is InChI=1S/C22H26N4O2S/c1-3-5-9-14-28-19-13-12-17(15-20(19)27-4-2)16-23-26-21(24-25-22(26)29)18-10-7-6-8-11-18/h6-8,10-13,15-16H,3-5,9,14H2,1-2H3,(H,25,29)/b23-16-. The third-order valence-corrected chi connectivity index (χ3v) is 4.54. The maximum absolute atomic E-state index is 5.89. The normalized spacial score (nSPS) is 11.1. The maximum Gasteiger partial charge on any atom is 0.216 e. The minimum Gasteiger partial charge on any atom is -0.490 e. The van der Waals surface area contributed by atoms with Crippen molar-refractivity contribution in [3.8, 4) is 22.9 Å². The van der Waals surface area contributed by atoms with Crippen LogP contribution in [0.25, 0.3) is 11.4 Å². The molecule has 0 radical (unpaired) electrons. The smallest absolute Gasteiger partial charge is 0.216 e. The molecule has 0 saturated carbocycles. The number of aromatic nitrogens is 3. The van der Waals surface area contributed by atoms with Crippen LogP contribution in [0.3, 0.4) is 0 Å². The highest BCUT2D eigenvalue weighted by atomic mass is 32.1. The maximum atomic E-state index is 5.89. The van der Waals surface area contributed by atoms with Gasteiger partial charge in [-0.3, -0.25) is 0 Å². The quantitative estimate of drug-likeness (QED) is 0.274. The molecule has 6 nitrogen and oxygen atoms in total. The number of benzene rings is 2. The van der Waals surface area contributed by atoms with Crippen molar-refractivity contribution in [2.24, 2.45) is 5.10 Å². The Kier molecular flexibility index (Phi) is 7.58. The first kappa shape index (κ1) is 20.8. The molecule has 0 saturated heterocycles. The fourth-order valence-corrected chi connectivity index (χ4v) is 3.00. The van der Waals surface area contributed by atoms with E-state index in [1.54, 1.807) is 10.9 Å². The van der Waals surface area contributed by atoms with E-state index in [0.29, 0.717) is 29.6 Å². The van der Waals surface area contributed by atoms with E-state index < -0.39 is 0 Å². The van der Waals surface area contributed by atoms with Crippen molar-refractivity contribution in [2.45, 2.75) is 33.1 Å². The number of ether oxygens (including phenoxy) is 2. The van der Waals surface area contributed by atoms with Gasteiger partial charge in [0.25, 0.3) is 0 Å². The van der Waals surface area contributed by atoms with E-state index in [1.807, 2.05) is 55.5 Å². The largest absolute Gasteiger partial charge is 0.490 e. The van der Waals surface area contributed by atoms with Gasteiger partial charge >= 0.3 is 0 Å². The summed E-state index contributed by atoms with van der Waals surface area (Å²) in [7, 11) is 0. The van der Waals surface area contributed by atoms with Crippen LogP contribution in [0.4, 0.5) is 0 Å². The summed E-state index contributed by atoms with van der Waals surface area (Å²) in [6.45, 7) is 5.39. The Morgan fingerprint density at radius 3 is 2.66 bits per heavy atom. The lowest BCUT2D eigenvalue weighted by atomic mass is 10.2. The van der Waals surface area contributed by atoms with Gasteiger partial charge in [0, 0.05) is 5.56 Å². The van der Waals surface area contributed by atoms with E-state index in [-0.39, 0.29) is 0 Å². The van der Waals surface area contributed by atoms with Gasteiger partial charge < -0.3 is 9.47 Å². The van der Waals surface area contributed by atoms with E-state index in [4.69, 9.17) is 21.7 Å². The summed E-state index contributed by atoms with van der Waals surface area (Å²) in [6, 6.07) is 15.6. The molecule has 0 fully saturated rings. The first-order valence-electron chi connectivity index (χ1n) is 9.89. The predicted molar refractivity (Wildman–Crippen MR) is 118 cm³/mol. The zero-order chi connectivity index (χ0) is 20.5. The first-order chi connectivity index (χ1) is 14.2. The molecule has 0 aliphatic rings. The van der Waals surface area contributed by atoms with Crippen LogP contribution < -0.4 is 9.47 Å². The number of nitrogens with zero attached hydrogens (tertiary/aromatic N) is 3. The van der Waals surface area contributed by atoms with Crippen LogP contribution in [0.5, 0.6) is 11.5 Å². The van der Waals surface area contributed by atoms with Gasteiger partial charge in [-0.05, 0) is 49.3 Å². The van der Waals surface area contributed by atoms with Gasteiger partial charge in [-0.15, -0.1) is 0 Å². The second-order valence-electron chi connectivity index (χ2n) is 6.47. The second-order valence-corrected chi connectivity index (χ2v) is 6.86. The lowest BCUT2D eigenvalue weighted by Crippen LogP contribution is -2.02. The Morgan fingerprint density at radius 2 is 1.90 bits per heavy atom. The van der Waals surface area contributed by atoms with E-state index in [9.17, 15) is 0 Å². The molecule has 0 aliphatic heterocycles. The van der Waals surface area contributed by atoms with Crippen molar-refractivity contribution in [1.82, 2.24) is 14.9 Å². The Morgan fingerprint density at radius 1 is 1.07 bits per heavy atom. The molecule has 0 bridgehead atoms. The van der Waals surface area contributed by atoms with E-state index >= 15 is 0 Å². The molecule has 3 rings (SSSR count). The molecule has 0 atom stereocenters. The number of H-pyrrole nitrogens is 1.